The van der Waals surface area contributed by atoms with E-state index in [0.717, 1.165) is 12.1 Å². The van der Waals surface area contributed by atoms with E-state index in [1.807, 2.05) is 13.8 Å². The lowest BCUT2D eigenvalue weighted by molar-refractivity contribution is 0.168. The number of ether oxygens (including phenoxy) is 1. The van der Waals surface area contributed by atoms with Crippen LogP contribution in [0.2, 0.25) is 0 Å². The van der Waals surface area contributed by atoms with Crippen LogP contribution in [-0.4, -0.2) is 24.8 Å². The topological polar surface area (TPSA) is 60.0 Å². The lowest BCUT2D eigenvalue weighted by atomic mass is 9.99. The molecule has 0 saturated carbocycles. The van der Waals surface area contributed by atoms with Gasteiger partial charge in [0, 0.05) is 13.0 Å². The Morgan fingerprint density at radius 1 is 1.58 bits per heavy atom. The minimum atomic E-state index is 0.0456. The molecule has 0 fully saturated rings. The molecule has 4 nitrogen and oxygen atoms in total. The lowest BCUT2D eigenvalue weighted by Crippen LogP contribution is -2.31. The second-order valence-corrected chi connectivity index (χ2v) is 3.10. The number of rotatable bonds is 2. The molecule has 0 aliphatic carbocycles. The first-order valence-corrected chi connectivity index (χ1v) is 4.07. The number of nitrogens with zero attached hydrogens (tertiary/aromatic N) is 2. The summed E-state index contributed by atoms with van der Waals surface area (Å²) in [5, 5.41) is 7.85. The molecule has 0 aromatic heterocycles. The van der Waals surface area contributed by atoms with Gasteiger partial charge in [-0.3, -0.25) is 0 Å². The molecule has 1 heterocycles. The van der Waals surface area contributed by atoms with Crippen molar-refractivity contribution in [3.8, 4) is 0 Å². The Labute approximate surface area is 72.5 Å². The Morgan fingerprint density at radius 2 is 2.25 bits per heavy atom. The number of amidine groups is 1. The van der Waals surface area contributed by atoms with Crippen molar-refractivity contribution in [1.29, 1.82) is 0 Å². The van der Waals surface area contributed by atoms with Gasteiger partial charge in [0.2, 0.25) is 0 Å². The molecular formula is C8H15N3O. The minimum Gasteiger partial charge on any atom is -0.385 e. The highest BCUT2D eigenvalue weighted by Crippen LogP contribution is 2.12. The van der Waals surface area contributed by atoms with Crippen molar-refractivity contribution < 1.29 is 4.74 Å². The molecule has 0 aromatic carbocycles. The predicted octanol–water partition coefficient (Wildman–Crippen LogP) is 0.774. The maximum atomic E-state index is 5.58. The van der Waals surface area contributed by atoms with Crippen LogP contribution in [-0.2, 0) is 4.74 Å². The molecule has 2 N–H and O–H groups in total. The second-order valence-electron chi connectivity index (χ2n) is 3.10. The average Bonchev–Trinajstić information content (AvgIpc) is 2.08. The zero-order valence-electron chi connectivity index (χ0n) is 7.74. The molecule has 0 bridgehead atoms. The molecule has 2 atom stereocenters. The molecular weight excluding hydrogens is 154 g/mol. The third-order valence-corrected chi connectivity index (χ3v) is 2.14. The molecule has 0 saturated heterocycles. The molecule has 4 heteroatoms. The minimum absolute atomic E-state index is 0.0456. The summed E-state index contributed by atoms with van der Waals surface area (Å²) in [5.41, 5.74) is 6.56. The van der Waals surface area contributed by atoms with Crippen molar-refractivity contribution in [1.82, 2.24) is 0 Å². The number of hydrogen-bond donors (Lipinski definition) is 1. The highest BCUT2D eigenvalue weighted by atomic mass is 16.5. The first-order valence-electron chi connectivity index (χ1n) is 4.07. The van der Waals surface area contributed by atoms with Crippen molar-refractivity contribution in [2.45, 2.75) is 26.4 Å². The quantitative estimate of drug-likeness (QED) is 0.663. The zero-order valence-corrected chi connectivity index (χ0v) is 7.74. The molecule has 68 valence electrons. The normalized spacial score (nSPS) is 26.1. The molecule has 0 aromatic rings. The smallest absolute Gasteiger partial charge is 0.125 e. The summed E-state index contributed by atoms with van der Waals surface area (Å²) >= 11 is 0. The third kappa shape index (κ3) is 1.82. The van der Waals surface area contributed by atoms with Crippen molar-refractivity contribution in [3.05, 3.63) is 0 Å². The largest absolute Gasteiger partial charge is 0.385 e. The Hall–Kier alpha value is -0.900. The van der Waals surface area contributed by atoms with Crippen LogP contribution < -0.4 is 5.73 Å². The summed E-state index contributed by atoms with van der Waals surface area (Å²) in [5.74, 6) is 0.900. The molecule has 0 radical (unpaired) electrons. The van der Waals surface area contributed by atoms with Gasteiger partial charge in [-0.2, -0.15) is 5.10 Å². The third-order valence-electron chi connectivity index (χ3n) is 2.14. The van der Waals surface area contributed by atoms with E-state index in [9.17, 15) is 0 Å². The molecule has 12 heavy (non-hydrogen) atoms. The lowest BCUT2D eigenvalue weighted by Gasteiger charge is -2.19. The van der Waals surface area contributed by atoms with Crippen LogP contribution in [0.5, 0.6) is 0 Å². The molecule has 0 spiro atoms. The van der Waals surface area contributed by atoms with Gasteiger partial charge in [0.25, 0.3) is 0 Å². The summed E-state index contributed by atoms with van der Waals surface area (Å²) in [6, 6.07) is 0. The fourth-order valence-electron chi connectivity index (χ4n) is 1.06. The number of hydrogen-bond acceptors (Lipinski definition) is 4. The predicted molar refractivity (Wildman–Crippen MR) is 49.3 cm³/mol. The van der Waals surface area contributed by atoms with Gasteiger partial charge in [0.15, 0.2) is 0 Å². The molecule has 0 amide bonds. The van der Waals surface area contributed by atoms with Crippen LogP contribution in [0.15, 0.2) is 10.2 Å². The molecule has 1 aliphatic rings. The van der Waals surface area contributed by atoms with E-state index in [1.165, 1.54) is 0 Å². The maximum absolute atomic E-state index is 5.58. The van der Waals surface area contributed by atoms with Crippen LogP contribution in [0.1, 0.15) is 20.3 Å². The zero-order chi connectivity index (χ0) is 9.14. The van der Waals surface area contributed by atoms with Crippen LogP contribution in [0.4, 0.5) is 0 Å². The summed E-state index contributed by atoms with van der Waals surface area (Å²) in [7, 11) is 1.67. The van der Waals surface area contributed by atoms with Crippen LogP contribution in [0.25, 0.3) is 0 Å². The van der Waals surface area contributed by atoms with E-state index >= 15 is 0 Å². The van der Waals surface area contributed by atoms with E-state index in [4.69, 9.17) is 10.5 Å². The summed E-state index contributed by atoms with van der Waals surface area (Å²) < 4.78 is 5.13. The average molecular weight is 169 g/mol. The Bertz CT molecular complexity index is 222. The van der Waals surface area contributed by atoms with Crippen molar-refractivity contribution >= 4 is 11.5 Å². The highest BCUT2D eigenvalue weighted by molar-refractivity contribution is 5.96. The first kappa shape index (κ1) is 9.19. The van der Waals surface area contributed by atoms with E-state index in [1.54, 1.807) is 7.11 Å². The van der Waals surface area contributed by atoms with Crippen molar-refractivity contribution in [2.75, 3.05) is 7.11 Å². The van der Waals surface area contributed by atoms with E-state index in [-0.39, 0.29) is 12.0 Å². The SMILES string of the molecule is COC(C)C1=NN=C(N)C(C)C1. The Kier molecular flexibility index (Phi) is 2.81. The van der Waals surface area contributed by atoms with Crippen LogP contribution in [0, 0.1) is 5.92 Å². The van der Waals surface area contributed by atoms with Gasteiger partial charge in [-0.1, -0.05) is 6.92 Å². The van der Waals surface area contributed by atoms with Gasteiger partial charge in [-0.05, 0) is 13.3 Å². The standard InChI is InChI=1S/C8H15N3O/c1-5-4-7(6(2)12-3)10-11-8(5)9/h5-6H,4H2,1-3H3,(H2,9,11). The first-order chi connectivity index (χ1) is 5.65. The maximum Gasteiger partial charge on any atom is 0.125 e. The Morgan fingerprint density at radius 3 is 2.75 bits per heavy atom. The van der Waals surface area contributed by atoms with Gasteiger partial charge >= 0.3 is 0 Å². The van der Waals surface area contributed by atoms with Gasteiger partial charge in [0.05, 0.1) is 11.8 Å². The van der Waals surface area contributed by atoms with E-state index in [2.05, 4.69) is 10.2 Å². The van der Waals surface area contributed by atoms with E-state index < -0.39 is 0 Å². The monoisotopic (exact) mass is 169 g/mol. The molecule has 1 rings (SSSR count). The second kappa shape index (κ2) is 3.67. The summed E-state index contributed by atoms with van der Waals surface area (Å²) in [6.45, 7) is 4.00. The summed E-state index contributed by atoms with van der Waals surface area (Å²) in [6.07, 6.45) is 0.897. The summed E-state index contributed by atoms with van der Waals surface area (Å²) in [4.78, 5) is 0. The fourth-order valence-corrected chi connectivity index (χ4v) is 1.06. The Balaban J connectivity index is 2.70. The molecule has 2 unspecified atom stereocenters. The van der Waals surface area contributed by atoms with Gasteiger partial charge in [-0.25, -0.2) is 0 Å². The van der Waals surface area contributed by atoms with Crippen LogP contribution >= 0.6 is 0 Å². The molecule has 1 aliphatic heterocycles. The van der Waals surface area contributed by atoms with Crippen molar-refractivity contribution in [3.63, 3.8) is 0 Å². The van der Waals surface area contributed by atoms with Gasteiger partial charge in [0.1, 0.15) is 5.84 Å². The fraction of sp³-hybridized carbons (Fsp3) is 0.750. The van der Waals surface area contributed by atoms with Gasteiger partial charge < -0.3 is 10.5 Å². The van der Waals surface area contributed by atoms with Crippen LogP contribution in [0.3, 0.4) is 0 Å². The number of nitrogens with two attached hydrogens (primary N) is 1. The van der Waals surface area contributed by atoms with Crippen molar-refractivity contribution in [2.24, 2.45) is 21.9 Å². The van der Waals surface area contributed by atoms with Gasteiger partial charge in [-0.15, -0.1) is 5.10 Å². The highest BCUT2D eigenvalue weighted by Gasteiger charge is 2.19. The van der Waals surface area contributed by atoms with E-state index in [0.29, 0.717) is 5.84 Å². The number of methoxy groups -OCH3 is 1.